The number of carbonyl (C=O) groups is 2. The van der Waals surface area contributed by atoms with E-state index < -0.39 is 30.4 Å². The number of urea groups is 1. The second-order valence-electron chi connectivity index (χ2n) is 9.14. The number of aryl methyl sites for hydroxylation is 1. The summed E-state index contributed by atoms with van der Waals surface area (Å²) in [5, 5.41) is 26.2. The van der Waals surface area contributed by atoms with Gasteiger partial charge in [0.05, 0.1) is 25.3 Å². The van der Waals surface area contributed by atoms with E-state index in [0.29, 0.717) is 31.9 Å². The Morgan fingerprint density at radius 1 is 1.00 bits per heavy atom. The molecule has 2 aromatic carbocycles. The smallest absolute Gasteiger partial charge is 0.319 e. The minimum absolute atomic E-state index is 0.00179. The highest BCUT2D eigenvalue weighted by Gasteiger charge is 2.44. The Hall–Kier alpha value is -3.34. The van der Waals surface area contributed by atoms with Gasteiger partial charge in [0.1, 0.15) is 24.1 Å². The van der Waals surface area contributed by atoms with Crippen LogP contribution in [0.1, 0.15) is 12.0 Å². The van der Waals surface area contributed by atoms with Gasteiger partial charge in [-0.05, 0) is 31.2 Å². The molecule has 2 aromatic rings. The standard InChI is InChI=1S/C26H34N4O6/c1-17-7-9-18(10-8-17)28-26(34)27-16-22-25(33)24(32)21(36-22)15-23(31)30-13-11-29(12-14-30)19-5-3-4-6-20(19)35-2/h3-10,21-22,24-25,32-33H,11-16H2,1-2H3,(H2,27,28,34). The molecule has 2 heterocycles. The molecule has 4 unspecified atom stereocenters. The maximum atomic E-state index is 12.9. The summed E-state index contributed by atoms with van der Waals surface area (Å²) >= 11 is 0. The quantitative estimate of drug-likeness (QED) is 0.454. The first-order valence-electron chi connectivity index (χ1n) is 12.1. The summed E-state index contributed by atoms with van der Waals surface area (Å²) in [4.78, 5) is 29.0. The number of amides is 3. The third-order valence-corrected chi connectivity index (χ3v) is 6.67. The van der Waals surface area contributed by atoms with E-state index in [2.05, 4.69) is 15.5 Å². The molecule has 2 aliphatic rings. The Bertz CT molecular complexity index is 1040. The van der Waals surface area contributed by atoms with Gasteiger partial charge < -0.3 is 40.1 Å². The van der Waals surface area contributed by atoms with Gasteiger partial charge in [-0.25, -0.2) is 4.79 Å². The summed E-state index contributed by atoms with van der Waals surface area (Å²) in [5.41, 5.74) is 2.71. The first-order chi connectivity index (χ1) is 17.4. The summed E-state index contributed by atoms with van der Waals surface area (Å²) in [6.07, 6.45) is -4.12. The number of aliphatic hydroxyl groups excluding tert-OH is 2. The number of hydrogen-bond donors (Lipinski definition) is 4. The van der Waals surface area contributed by atoms with Gasteiger partial charge in [0, 0.05) is 38.4 Å². The summed E-state index contributed by atoms with van der Waals surface area (Å²) < 4.78 is 11.2. The molecule has 36 heavy (non-hydrogen) atoms. The lowest BCUT2D eigenvalue weighted by atomic mass is 10.0. The van der Waals surface area contributed by atoms with Crippen LogP contribution in [0.15, 0.2) is 48.5 Å². The third kappa shape index (κ3) is 6.07. The van der Waals surface area contributed by atoms with Crippen molar-refractivity contribution in [3.63, 3.8) is 0 Å². The van der Waals surface area contributed by atoms with E-state index in [0.717, 1.165) is 17.0 Å². The maximum Gasteiger partial charge on any atom is 0.319 e. The maximum absolute atomic E-state index is 12.9. The number of nitrogens with one attached hydrogen (secondary N) is 2. The molecule has 3 amide bonds. The minimum Gasteiger partial charge on any atom is -0.495 e. The lowest BCUT2D eigenvalue weighted by Gasteiger charge is -2.37. The zero-order valence-corrected chi connectivity index (χ0v) is 20.6. The van der Waals surface area contributed by atoms with Gasteiger partial charge in [0.2, 0.25) is 5.91 Å². The van der Waals surface area contributed by atoms with E-state index in [4.69, 9.17) is 9.47 Å². The predicted molar refractivity (Wildman–Crippen MR) is 135 cm³/mol. The van der Waals surface area contributed by atoms with E-state index >= 15 is 0 Å². The van der Waals surface area contributed by atoms with Crippen LogP contribution in [0.4, 0.5) is 16.2 Å². The molecule has 0 aliphatic carbocycles. The molecule has 0 saturated carbocycles. The fourth-order valence-electron chi connectivity index (χ4n) is 4.56. The highest BCUT2D eigenvalue weighted by molar-refractivity contribution is 5.89. The lowest BCUT2D eigenvalue weighted by molar-refractivity contribution is -0.135. The molecule has 2 saturated heterocycles. The number of piperazine rings is 1. The molecule has 10 nitrogen and oxygen atoms in total. The average molecular weight is 499 g/mol. The van der Waals surface area contributed by atoms with Gasteiger partial charge in [0.25, 0.3) is 0 Å². The highest BCUT2D eigenvalue weighted by Crippen LogP contribution is 2.29. The van der Waals surface area contributed by atoms with Crippen molar-refractivity contribution in [1.82, 2.24) is 10.2 Å². The molecule has 4 rings (SSSR count). The molecule has 4 atom stereocenters. The second kappa shape index (κ2) is 11.6. The van der Waals surface area contributed by atoms with Gasteiger partial charge in [0.15, 0.2) is 0 Å². The number of methoxy groups -OCH3 is 1. The summed E-state index contributed by atoms with van der Waals surface area (Å²) in [6, 6.07) is 14.7. The number of carbonyl (C=O) groups excluding carboxylic acids is 2. The fourth-order valence-corrected chi connectivity index (χ4v) is 4.56. The van der Waals surface area contributed by atoms with Crippen molar-refractivity contribution in [2.24, 2.45) is 0 Å². The number of benzene rings is 2. The molecule has 0 radical (unpaired) electrons. The largest absolute Gasteiger partial charge is 0.495 e. The van der Waals surface area contributed by atoms with Gasteiger partial charge in [-0.2, -0.15) is 0 Å². The van der Waals surface area contributed by atoms with E-state index in [-0.39, 0.29) is 18.9 Å². The Labute approximate surface area is 210 Å². The zero-order valence-electron chi connectivity index (χ0n) is 20.6. The van der Waals surface area contributed by atoms with E-state index in [1.807, 2.05) is 43.3 Å². The van der Waals surface area contributed by atoms with Crippen molar-refractivity contribution >= 4 is 23.3 Å². The molecule has 194 valence electrons. The van der Waals surface area contributed by atoms with Crippen molar-refractivity contribution in [2.45, 2.75) is 37.8 Å². The number of ether oxygens (including phenoxy) is 2. The van der Waals surface area contributed by atoms with Crippen LogP contribution in [0.2, 0.25) is 0 Å². The SMILES string of the molecule is COc1ccccc1N1CCN(C(=O)CC2OC(CNC(=O)Nc3ccc(C)cc3)C(O)C2O)CC1. The van der Waals surface area contributed by atoms with Crippen molar-refractivity contribution in [1.29, 1.82) is 0 Å². The molecule has 2 fully saturated rings. The second-order valence-corrected chi connectivity index (χ2v) is 9.14. The average Bonchev–Trinajstić information content (AvgIpc) is 3.16. The van der Waals surface area contributed by atoms with Crippen molar-refractivity contribution in [3.05, 3.63) is 54.1 Å². The van der Waals surface area contributed by atoms with Gasteiger partial charge in [-0.1, -0.05) is 29.8 Å². The van der Waals surface area contributed by atoms with Gasteiger partial charge >= 0.3 is 6.03 Å². The topological polar surface area (TPSA) is 124 Å². The summed E-state index contributed by atoms with van der Waals surface area (Å²) in [6.45, 7) is 4.34. The molecule has 4 N–H and O–H groups in total. The van der Waals surface area contributed by atoms with Crippen LogP contribution in [0.3, 0.4) is 0 Å². The van der Waals surface area contributed by atoms with Crippen LogP contribution in [0.25, 0.3) is 0 Å². The first kappa shape index (κ1) is 25.7. The van der Waals surface area contributed by atoms with Crippen molar-refractivity contribution in [2.75, 3.05) is 50.1 Å². The Balaban J connectivity index is 1.23. The van der Waals surface area contributed by atoms with Crippen LogP contribution in [-0.4, -0.2) is 91.3 Å². The summed E-state index contributed by atoms with van der Waals surface area (Å²) in [7, 11) is 1.64. The van der Waals surface area contributed by atoms with Gasteiger partial charge in [-0.15, -0.1) is 0 Å². The number of aliphatic hydroxyl groups is 2. The normalized spacial score (nSPS) is 23.9. The predicted octanol–water partition coefficient (Wildman–Crippen LogP) is 1.35. The molecule has 10 heteroatoms. The Morgan fingerprint density at radius 2 is 1.67 bits per heavy atom. The van der Waals surface area contributed by atoms with Crippen LogP contribution in [0, 0.1) is 6.92 Å². The van der Waals surface area contributed by atoms with E-state index in [1.165, 1.54) is 0 Å². The highest BCUT2D eigenvalue weighted by atomic mass is 16.5. The molecular formula is C26H34N4O6. The minimum atomic E-state index is -1.21. The van der Waals surface area contributed by atoms with Gasteiger partial charge in [-0.3, -0.25) is 4.79 Å². The molecule has 0 spiro atoms. The number of rotatable bonds is 7. The molecule has 0 aromatic heterocycles. The molecule has 2 aliphatic heterocycles. The Kier molecular flexibility index (Phi) is 8.29. The van der Waals surface area contributed by atoms with Crippen LogP contribution < -0.4 is 20.3 Å². The van der Waals surface area contributed by atoms with Crippen LogP contribution in [-0.2, 0) is 9.53 Å². The fraction of sp³-hybridized carbons (Fsp3) is 0.462. The van der Waals surface area contributed by atoms with Crippen molar-refractivity contribution in [3.8, 4) is 5.75 Å². The number of nitrogens with zero attached hydrogens (tertiary/aromatic N) is 2. The molecular weight excluding hydrogens is 464 g/mol. The molecule has 0 bridgehead atoms. The van der Waals surface area contributed by atoms with E-state index in [9.17, 15) is 19.8 Å². The monoisotopic (exact) mass is 498 g/mol. The number of hydrogen-bond acceptors (Lipinski definition) is 7. The van der Waals surface area contributed by atoms with Crippen molar-refractivity contribution < 1.29 is 29.3 Å². The lowest BCUT2D eigenvalue weighted by Crippen LogP contribution is -2.50. The van der Waals surface area contributed by atoms with E-state index in [1.54, 1.807) is 24.1 Å². The first-order valence-corrected chi connectivity index (χ1v) is 12.1. The zero-order chi connectivity index (χ0) is 25.7. The van der Waals surface area contributed by atoms with Crippen LogP contribution >= 0.6 is 0 Å². The Morgan fingerprint density at radius 3 is 2.36 bits per heavy atom. The number of anilines is 2. The van der Waals surface area contributed by atoms with Crippen LogP contribution in [0.5, 0.6) is 5.75 Å². The summed E-state index contributed by atoms with van der Waals surface area (Å²) in [5.74, 6) is 0.651. The third-order valence-electron chi connectivity index (χ3n) is 6.67. The number of para-hydroxylation sites is 2.